The van der Waals surface area contributed by atoms with Crippen molar-refractivity contribution in [1.29, 1.82) is 0 Å². The van der Waals surface area contributed by atoms with Crippen molar-refractivity contribution < 1.29 is 8.42 Å². The molecule has 1 aromatic heterocycles. The van der Waals surface area contributed by atoms with Gasteiger partial charge in [-0.3, -0.25) is 0 Å². The van der Waals surface area contributed by atoms with Gasteiger partial charge in [0.15, 0.2) is 15.7 Å². The second-order valence-corrected chi connectivity index (χ2v) is 7.60. The minimum absolute atomic E-state index is 0.236. The van der Waals surface area contributed by atoms with Crippen LogP contribution in [0.1, 0.15) is 12.8 Å². The van der Waals surface area contributed by atoms with Crippen molar-refractivity contribution in [1.82, 2.24) is 20.2 Å². The van der Waals surface area contributed by atoms with Crippen LogP contribution in [0.5, 0.6) is 0 Å². The van der Waals surface area contributed by atoms with Gasteiger partial charge in [-0.1, -0.05) is 0 Å². The highest BCUT2D eigenvalue weighted by Gasteiger charge is 2.32. The largest absolute Gasteiger partial charge is 0.399 e. The number of hydrogen-bond donors (Lipinski definition) is 2. The molecule has 0 aliphatic carbocycles. The molecule has 2 heterocycles. The molecule has 1 aliphatic rings. The fraction of sp³-hybridized carbons (Fsp3) is 0.417. The maximum absolute atomic E-state index is 11.9. The van der Waals surface area contributed by atoms with Crippen LogP contribution in [0.2, 0.25) is 0 Å². The molecular formula is C12H16N6O2S. The maximum Gasteiger partial charge on any atom is 0.182 e. The fourth-order valence-electron chi connectivity index (χ4n) is 2.60. The summed E-state index contributed by atoms with van der Waals surface area (Å²) >= 11 is 0. The fourth-order valence-corrected chi connectivity index (χ4v) is 4.39. The molecule has 21 heavy (non-hydrogen) atoms. The summed E-state index contributed by atoms with van der Waals surface area (Å²) in [6, 6.07) is 5.06. The van der Waals surface area contributed by atoms with E-state index >= 15 is 0 Å². The number of nitrogen functional groups attached to an aromatic ring is 2. The molecule has 0 radical (unpaired) electrons. The zero-order chi connectivity index (χ0) is 15.0. The predicted octanol–water partition coefficient (Wildman–Crippen LogP) is 0.0817. The highest BCUT2D eigenvalue weighted by Crippen LogP contribution is 2.25. The van der Waals surface area contributed by atoms with Gasteiger partial charge in [0.05, 0.1) is 17.5 Å². The summed E-state index contributed by atoms with van der Waals surface area (Å²) in [6.45, 7) is 0.249. The van der Waals surface area contributed by atoms with E-state index in [1.165, 1.54) is 4.68 Å². The van der Waals surface area contributed by atoms with E-state index < -0.39 is 15.1 Å². The van der Waals surface area contributed by atoms with Crippen LogP contribution in [0, 0.1) is 0 Å². The van der Waals surface area contributed by atoms with Crippen LogP contribution in [0.3, 0.4) is 0 Å². The number of nitrogens with zero attached hydrogens (tertiary/aromatic N) is 4. The van der Waals surface area contributed by atoms with Gasteiger partial charge in [-0.05, 0) is 41.5 Å². The minimum atomic E-state index is -3.04. The average molecular weight is 308 g/mol. The third-order valence-electron chi connectivity index (χ3n) is 3.61. The summed E-state index contributed by atoms with van der Waals surface area (Å²) in [5.41, 5.74) is 13.2. The molecule has 1 atom stereocenters. The summed E-state index contributed by atoms with van der Waals surface area (Å²) in [5.74, 6) is 0.705. The van der Waals surface area contributed by atoms with Crippen LogP contribution < -0.4 is 11.5 Å². The van der Waals surface area contributed by atoms with E-state index in [9.17, 15) is 8.42 Å². The summed E-state index contributed by atoms with van der Waals surface area (Å²) < 4.78 is 25.3. The van der Waals surface area contributed by atoms with E-state index in [2.05, 4.69) is 15.5 Å². The first-order valence-corrected chi connectivity index (χ1v) is 8.31. The quantitative estimate of drug-likeness (QED) is 0.768. The molecule has 0 amide bonds. The van der Waals surface area contributed by atoms with Gasteiger partial charge in [-0.25, -0.2) is 13.1 Å². The Labute approximate surface area is 122 Å². The van der Waals surface area contributed by atoms with Crippen LogP contribution >= 0.6 is 0 Å². The molecule has 1 aromatic carbocycles. The van der Waals surface area contributed by atoms with E-state index in [4.69, 9.17) is 11.5 Å². The highest BCUT2D eigenvalue weighted by atomic mass is 32.2. The normalized spacial score (nSPS) is 20.7. The molecule has 1 unspecified atom stereocenters. The van der Waals surface area contributed by atoms with Crippen LogP contribution in [-0.2, 0) is 16.4 Å². The number of sulfone groups is 1. The van der Waals surface area contributed by atoms with E-state index in [1.54, 1.807) is 18.2 Å². The van der Waals surface area contributed by atoms with E-state index in [0.29, 0.717) is 35.6 Å². The molecular weight excluding hydrogens is 292 g/mol. The van der Waals surface area contributed by atoms with E-state index in [1.807, 2.05) is 0 Å². The number of anilines is 2. The van der Waals surface area contributed by atoms with Gasteiger partial charge < -0.3 is 11.5 Å². The van der Waals surface area contributed by atoms with Crippen LogP contribution in [-0.4, -0.2) is 39.6 Å². The van der Waals surface area contributed by atoms with Crippen molar-refractivity contribution in [3.8, 4) is 11.4 Å². The van der Waals surface area contributed by atoms with Gasteiger partial charge >= 0.3 is 0 Å². The molecule has 9 heteroatoms. The first kappa shape index (κ1) is 13.8. The van der Waals surface area contributed by atoms with Crippen molar-refractivity contribution in [2.75, 3.05) is 17.2 Å². The predicted molar refractivity (Wildman–Crippen MR) is 78.9 cm³/mol. The monoisotopic (exact) mass is 308 g/mol. The van der Waals surface area contributed by atoms with Crippen molar-refractivity contribution in [3.63, 3.8) is 0 Å². The van der Waals surface area contributed by atoms with Gasteiger partial charge in [0.2, 0.25) is 0 Å². The zero-order valence-electron chi connectivity index (χ0n) is 11.3. The minimum Gasteiger partial charge on any atom is -0.399 e. The third kappa shape index (κ3) is 2.68. The number of rotatable bonds is 3. The maximum atomic E-state index is 11.9. The molecule has 0 saturated carbocycles. The average Bonchev–Trinajstić information content (AvgIpc) is 2.96. The molecule has 3 rings (SSSR count). The van der Waals surface area contributed by atoms with Gasteiger partial charge in [-0.2, -0.15) is 0 Å². The molecule has 112 valence electrons. The van der Waals surface area contributed by atoms with Gasteiger partial charge in [0.1, 0.15) is 0 Å². The Morgan fingerprint density at radius 2 is 1.95 bits per heavy atom. The zero-order valence-corrected chi connectivity index (χ0v) is 12.1. The first-order valence-electron chi connectivity index (χ1n) is 6.60. The standard InChI is InChI=1S/C12H16N6O2S/c13-9-4-8(5-10(14)6-9)12-15-16-17-18(12)7-11-2-1-3-21(11,19)20/h4-6,11H,1-3,7,13-14H2. The van der Waals surface area contributed by atoms with Crippen LogP contribution in [0.4, 0.5) is 11.4 Å². The second-order valence-electron chi connectivity index (χ2n) is 5.20. The lowest BCUT2D eigenvalue weighted by Gasteiger charge is -2.11. The van der Waals surface area contributed by atoms with Gasteiger partial charge in [-0.15, -0.1) is 5.10 Å². The highest BCUT2D eigenvalue weighted by molar-refractivity contribution is 7.92. The van der Waals surface area contributed by atoms with Crippen molar-refractivity contribution in [2.45, 2.75) is 24.6 Å². The number of hydrogen-bond acceptors (Lipinski definition) is 7. The SMILES string of the molecule is Nc1cc(N)cc(-c2nnnn2CC2CCCS2(=O)=O)c1. The van der Waals surface area contributed by atoms with E-state index in [-0.39, 0.29) is 12.3 Å². The lowest BCUT2D eigenvalue weighted by Crippen LogP contribution is -2.23. The summed E-state index contributed by atoms with van der Waals surface area (Å²) in [6.07, 6.45) is 1.33. The molecule has 4 N–H and O–H groups in total. The molecule has 2 aromatic rings. The van der Waals surface area contributed by atoms with E-state index in [0.717, 1.165) is 0 Å². The Kier molecular flexibility index (Phi) is 3.28. The van der Waals surface area contributed by atoms with Crippen molar-refractivity contribution in [2.24, 2.45) is 0 Å². The molecule has 0 bridgehead atoms. The number of nitrogens with two attached hydrogens (primary N) is 2. The molecule has 1 fully saturated rings. The molecule has 1 saturated heterocycles. The Morgan fingerprint density at radius 1 is 1.24 bits per heavy atom. The summed E-state index contributed by atoms with van der Waals surface area (Å²) in [7, 11) is -3.04. The number of tetrazole rings is 1. The third-order valence-corrected chi connectivity index (χ3v) is 5.87. The summed E-state index contributed by atoms with van der Waals surface area (Å²) in [5, 5.41) is 11.0. The van der Waals surface area contributed by atoms with Crippen molar-refractivity contribution >= 4 is 21.2 Å². The van der Waals surface area contributed by atoms with Gasteiger partial charge in [0.25, 0.3) is 0 Å². The Hall–Kier alpha value is -2.16. The lowest BCUT2D eigenvalue weighted by molar-refractivity contribution is 0.534. The second kappa shape index (κ2) is 4.99. The van der Waals surface area contributed by atoms with Crippen LogP contribution in [0.15, 0.2) is 18.2 Å². The Morgan fingerprint density at radius 3 is 2.57 bits per heavy atom. The Balaban J connectivity index is 1.94. The number of aromatic nitrogens is 4. The molecule has 8 nitrogen and oxygen atoms in total. The topological polar surface area (TPSA) is 130 Å². The number of benzene rings is 1. The molecule has 0 spiro atoms. The molecule has 1 aliphatic heterocycles. The first-order chi connectivity index (χ1) is 9.95. The van der Waals surface area contributed by atoms with Crippen LogP contribution in [0.25, 0.3) is 11.4 Å². The summed E-state index contributed by atoms with van der Waals surface area (Å²) in [4.78, 5) is 0. The van der Waals surface area contributed by atoms with Gasteiger partial charge in [0, 0.05) is 16.9 Å². The van der Waals surface area contributed by atoms with Crippen molar-refractivity contribution in [3.05, 3.63) is 18.2 Å². The smallest absolute Gasteiger partial charge is 0.182 e. The Bertz CT molecular complexity index is 750. The lowest BCUT2D eigenvalue weighted by atomic mass is 10.1.